The fourth-order valence-electron chi connectivity index (χ4n) is 3.88. The van der Waals surface area contributed by atoms with Gasteiger partial charge in [0, 0.05) is 25.0 Å². The molecule has 1 saturated heterocycles. The normalized spacial score (nSPS) is 15.7. The van der Waals surface area contributed by atoms with Gasteiger partial charge in [0.2, 0.25) is 0 Å². The number of carbonyl (C=O) groups is 2. The summed E-state index contributed by atoms with van der Waals surface area (Å²) in [5.41, 5.74) is 4.09. The third-order valence-corrected chi connectivity index (χ3v) is 6.41. The first-order valence-electron chi connectivity index (χ1n) is 9.87. The molecule has 1 fully saturated rings. The number of amides is 2. The number of carbonyl (C=O) groups excluding carboxylic acids is 2. The highest BCUT2D eigenvalue weighted by Gasteiger charge is 2.35. The van der Waals surface area contributed by atoms with Crippen molar-refractivity contribution in [2.75, 3.05) is 13.7 Å². The van der Waals surface area contributed by atoms with Crippen LogP contribution < -0.4 is 0 Å². The van der Waals surface area contributed by atoms with Gasteiger partial charge >= 0.3 is 0 Å². The van der Waals surface area contributed by atoms with Crippen LogP contribution >= 0.6 is 11.8 Å². The van der Waals surface area contributed by atoms with Crippen LogP contribution in [0.25, 0.3) is 16.8 Å². The Bertz CT molecular complexity index is 1160. The Morgan fingerprint density at radius 3 is 2.63 bits per heavy atom. The summed E-state index contributed by atoms with van der Waals surface area (Å²) in [5, 5.41) is 1.93. The number of methoxy groups -OCH3 is 1. The Labute approximate surface area is 180 Å². The number of fused-ring (bicyclic) bond motifs is 1. The number of hydrogen-bond donors (Lipinski definition) is 0. The molecule has 0 bridgehead atoms. The SMILES string of the molecule is COCCn1c(C)cc(/C=C2/SC(=O)N(Cc3cccc4ccccc34)C2=O)c1C. The molecule has 3 aromatic rings. The molecule has 2 amide bonds. The van der Waals surface area contributed by atoms with Crippen LogP contribution in [0.1, 0.15) is 22.5 Å². The summed E-state index contributed by atoms with van der Waals surface area (Å²) in [6, 6.07) is 16.0. The third-order valence-electron chi connectivity index (χ3n) is 5.50. The molecule has 0 aliphatic carbocycles. The van der Waals surface area contributed by atoms with E-state index in [1.165, 1.54) is 4.90 Å². The Morgan fingerprint density at radius 2 is 1.83 bits per heavy atom. The minimum atomic E-state index is -0.236. The minimum absolute atomic E-state index is 0.229. The molecule has 0 atom stereocenters. The first-order valence-corrected chi connectivity index (χ1v) is 10.7. The van der Waals surface area contributed by atoms with Gasteiger partial charge in [0.05, 0.1) is 18.1 Å². The molecule has 0 spiro atoms. The Kier molecular flexibility index (Phi) is 5.79. The van der Waals surface area contributed by atoms with Gasteiger partial charge in [0.1, 0.15) is 0 Å². The van der Waals surface area contributed by atoms with Crippen LogP contribution in [0.3, 0.4) is 0 Å². The van der Waals surface area contributed by atoms with Crippen LogP contribution in [0.15, 0.2) is 53.4 Å². The van der Waals surface area contributed by atoms with E-state index < -0.39 is 0 Å². The standard InChI is InChI=1S/C24H24N2O3S/c1-16-13-20(17(2)25(16)11-12-29-3)14-22-23(27)26(24(28)30-22)15-19-9-6-8-18-7-4-5-10-21(18)19/h4-10,13-14H,11-12,15H2,1-3H3/b22-14+. The van der Waals surface area contributed by atoms with Crippen LogP contribution in [0.2, 0.25) is 0 Å². The van der Waals surface area contributed by atoms with Gasteiger partial charge in [-0.15, -0.1) is 0 Å². The highest BCUT2D eigenvalue weighted by Crippen LogP contribution is 2.35. The zero-order valence-corrected chi connectivity index (χ0v) is 18.2. The average molecular weight is 421 g/mol. The molecule has 2 heterocycles. The molecule has 154 valence electrons. The Balaban J connectivity index is 1.60. The van der Waals surface area contributed by atoms with Crippen LogP contribution in [0.5, 0.6) is 0 Å². The fraction of sp³-hybridized carbons (Fsp3) is 0.250. The van der Waals surface area contributed by atoms with Crippen molar-refractivity contribution in [1.29, 1.82) is 0 Å². The van der Waals surface area contributed by atoms with Crippen LogP contribution in [-0.4, -0.2) is 34.3 Å². The molecular formula is C24H24N2O3S. The summed E-state index contributed by atoms with van der Waals surface area (Å²) in [4.78, 5) is 27.5. The van der Waals surface area contributed by atoms with E-state index in [0.717, 1.165) is 51.6 Å². The summed E-state index contributed by atoms with van der Waals surface area (Å²) in [7, 11) is 1.68. The minimum Gasteiger partial charge on any atom is -0.383 e. The van der Waals surface area contributed by atoms with Gasteiger partial charge in [0.25, 0.3) is 11.1 Å². The molecule has 0 N–H and O–H groups in total. The summed E-state index contributed by atoms with van der Waals surface area (Å²) >= 11 is 1.01. The maximum atomic E-state index is 13.0. The van der Waals surface area contributed by atoms with Crippen molar-refractivity contribution >= 4 is 39.8 Å². The van der Waals surface area contributed by atoms with E-state index in [1.807, 2.05) is 68.5 Å². The van der Waals surface area contributed by atoms with E-state index in [2.05, 4.69) is 4.57 Å². The molecule has 0 radical (unpaired) electrons. The predicted octanol–water partition coefficient (Wildman–Crippen LogP) is 5.14. The van der Waals surface area contributed by atoms with Crippen molar-refractivity contribution in [1.82, 2.24) is 9.47 Å². The van der Waals surface area contributed by atoms with Crippen molar-refractivity contribution in [3.05, 3.63) is 76.0 Å². The van der Waals surface area contributed by atoms with Gasteiger partial charge < -0.3 is 9.30 Å². The maximum absolute atomic E-state index is 13.0. The molecule has 4 rings (SSSR count). The van der Waals surface area contributed by atoms with Gasteiger partial charge in [-0.25, -0.2) is 0 Å². The van der Waals surface area contributed by atoms with E-state index >= 15 is 0 Å². The number of ether oxygens (including phenoxy) is 1. The van der Waals surface area contributed by atoms with E-state index in [9.17, 15) is 9.59 Å². The maximum Gasteiger partial charge on any atom is 0.293 e. The summed E-state index contributed by atoms with van der Waals surface area (Å²) in [6.07, 6.45) is 1.83. The number of thioether (sulfide) groups is 1. The topological polar surface area (TPSA) is 51.5 Å². The highest BCUT2D eigenvalue weighted by atomic mass is 32.2. The third kappa shape index (κ3) is 3.80. The van der Waals surface area contributed by atoms with E-state index in [1.54, 1.807) is 7.11 Å². The lowest BCUT2D eigenvalue weighted by molar-refractivity contribution is -0.123. The zero-order chi connectivity index (χ0) is 21.3. The molecule has 30 heavy (non-hydrogen) atoms. The van der Waals surface area contributed by atoms with Crippen LogP contribution in [-0.2, 0) is 22.6 Å². The first-order chi connectivity index (χ1) is 14.5. The fourth-order valence-corrected chi connectivity index (χ4v) is 4.71. The van der Waals surface area contributed by atoms with Crippen molar-refractivity contribution in [3.8, 4) is 0 Å². The number of imide groups is 1. The largest absolute Gasteiger partial charge is 0.383 e. The van der Waals surface area contributed by atoms with Gasteiger partial charge in [-0.1, -0.05) is 42.5 Å². The van der Waals surface area contributed by atoms with Gasteiger partial charge in [-0.3, -0.25) is 14.5 Å². The molecular weight excluding hydrogens is 396 g/mol. The van der Waals surface area contributed by atoms with Gasteiger partial charge in [-0.05, 0) is 59.7 Å². The monoisotopic (exact) mass is 420 g/mol. The first kappa shape index (κ1) is 20.4. The molecule has 5 nitrogen and oxygen atoms in total. The van der Waals surface area contributed by atoms with Gasteiger partial charge in [-0.2, -0.15) is 0 Å². The molecule has 6 heteroatoms. The smallest absolute Gasteiger partial charge is 0.293 e. The molecule has 1 aromatic heterocycles. The van der Waals surface area contributed by atoms with E-state index in [4.69, 9.17) is 4.74 Å². The number of aryl methyl sites for hydroxylation is 1. The number of benzene rings is 2. The molecule has 0 saturated carbocycles. The molecule has 0 unspecified atom stereocenters. The second kappa shape index (κ2) is 8.50. The van der Waals surface area contributed by atoms with Crippen molar-refractivity contribution in [2.24, 2.45) is 0 Å². The van der Waals surface area contributed by atoms with Crippen LogP contribution in [0.4, 0.5) is 4.79 Å². The summed E-state index contributed by atoms with van der Waals surface area (Å²) in [6.45, 7) is 5.71. The lowest BCUT2D eigenvalue weighted by Crippen LogP contribution is -2.27. The van der Waals surface area contributed by atoms with Gasteiger partial charge in [0.15, 0.2) is 0 Å². The predicted molar refractivity (Wildman–Crippen MR) is 121 cm³/mol. The lowest BCUT2D eigenvalue weighted by Gasteiger charge is -2.14. The average Bonchev–Trinajstić information content (AvgIpc) is 3.16. The Hall–Kier alpha value is -2.83. The molecule has 1 aliphatic rings. The summed E-state index contributed by atoms with van der Waals surface area (Å²) < 4.78 is 7.35. The summed E-state index contributed by atoms with van der Waals surface area (Å²) in [5.74, 6) is -0.236. The zero-order valence-electron chi connectivity index (χ0n) is 17.3. The number of nitrogens with zero attached hydrogens (tertiary/aromatic N) is 2. The van der Waals surface area contributed by atoms with Crippen LogP contribution in [0, 0.1) is 13.8 Å². The number of aromatic nitrogens is 1. The van der Waals surface area contributed by atoms with Crippen molar-refractivity contribution in [3.63, 3.8) is 0 Å². The second-order valence-corrected chi connectivity index (χ2v) is 8.37. The van der Waals surface area contributed by atoms with E-state index in [0.29, 0.717) is 11.5 Å². The van der Waals surface area contributed by atoms with E-state index in [-0.39, 0.29) is 17.7 Å². The molecule has 2 aromatic carbocycles. The number of rotatable bonds is 6. The van der Waals surface area contributed by atoms with Crippen molar-refractivity contribution in [2.45, 2.75) is 26.9 Å². The molecule has 1 aliphatic heterocycles. The number of hydrogen-bond acceptors (Lipinski definition) is 4. The quantitative estimate of drug-likeness (QED) is 0.518. The highest BCUT2D eigenvalue weighted by molar-refractivity contribution is 8.18. The Morgan fingerprint density at radius 1 is 1.07 bits per heavy atom. The lowest BCUT2D eigenvalue weighted by atomic mass is 10.0. The second-order valence-electron chi connectivity index (χ2n) is 7.38. The van der Waals surface area contributed by atoms with Crippen molar-refractivity contribution < 1.29 is 14.3 Å².